The van der Waals surface area contributed by atoms with E-state index in [0.717, 1.165) is 22.3 Å². The van der Waals surface area contributed by atoms with Gasteiger partial charge >= 0.3 is 6.03 Å². The topological polar surface area (TPSA) is 90.6 Å². The number of rotatable bonds is 5. The number of nitrogens with zero attached hydrogens (tertiary/aromatic N) is 3. The molecule has 33 heavy (non-hydrogen) atoms. The highest BCUT2D eigenvalue weighted by Gasteiger charge is 2.33. The minimum absolute atomic E-state index is 0.165. The maximum absolute atomic E-state index is 13.5. The van der Waals surface area contributed by atoms with Crippen LogP contribution >= 0.6 is 0 Å². The molecule has 1 aliphatic heterocycles. The zero-order chi connectivity index (χ0) is 22.9. The van der Waals surface area contributed by atoms with Crippen molar-refractivity contribution in [2.75, 3.05) is 28.8 Å². The van der Waals surface area contributed by atoms with Gasteiger partial charge in [0.05, 0.1) is 25.0 Å². The van der Waals surface area contributed by atoms with E-state index in [1.54, 1.807) is 34.2 Å². The zero-order valence-electron chi connectivity index (χ0n) is 18.3. The summed E-state index contributed by atoms with van der Waals surface area (Å²) < 4.78 is 5.44. The van der Waals surface area contributed by atoms with Crippen molar-refractivity contribution in [1.82, 2.24) is 9.97 Å². The lowest BCUT2D eigenvalue weighted by atomic mass is 10.1. The Hall–Kier alpha value is -4.33. The molecule has 0 radical (unpaired) electrons. The van der Waals surface area contributed by atoms with E-state index in [1.807, 2.05) is 49.5 Å². The van der Waals surface area contributed by atoms with Gasteiger partial charge in [-0.2, -0.15) is 0 Å². The van der Waals surface area contributed by atoms with Crippen LogP contribution in [-0.2, 0) is 6.54 Å². The first-order valence-corrected chi connectivity index (χ1v) is 10.7. The Labute approximate surface area is 190 Å². The van der Waals surface area contributed by atoms with Crippen LogP contribution in [0.15, 0.2) is 67.0 Å². The van der Waals surface area contributed by atoms with E-state index in [1.165, 1.54) is 7.11 Å². The minimum Gasteiger partial charge on any atom is -0.497 e. The summed E-state index contributed by atoms with van der Waals surface area (Å²) in [5.74, 6) is 0.209. The molecule has 0 saturated heterocycles. The van der Waals surface area contributed by atoms with E-state index in [2.05, 4.69) is 15.3 Å². The number of fused-ring (bicyclic) bond motifs is 3. The van der Waals surface area contributed by atoms with Crippen molar-refractivity contribution in [1.29, 1.82) is 0 Å². The second kappa shape index (κ2) is 8.31. The van der Waals surface area contributed by atoms with Gasteiger partial charge < -0.3 is 15.0 Å². The predicted octanol–water partition coefficient (Wildman–Crippen LogP) is 4.79. The van der Waals surface area contributed by atoms with Gasteiger partial charge in [0.1, 0.15) is 11.4 Å². The van der Waals surface area contributed by atoms with Crippen molar-refractivity contribution in [3.63, 3.8) is 0 Å². The van der Waals surface area contributed by atoms with Gasteiger partial charge in [0, 0.05) is 47.2 Å². The molecule has 0 aliphatic carbocycles. The number of carbonyl (C=O) groups is 2. The summed E-state index contributed by atoms with van der Waals surface area (Å²) in [5.41, 5.74) is 4.21. The van der Waals surface area contributed by atoms with E-state index in [4.69, 9.17) is 4.74 Å². The smallest absolute Gasteiger partial charge is 0.329 e. The molecule has 4 aromatic rings. The third kappa shape index (κ3) is 3.65. The van der Waals surface area contributed by atoms with Crippen LogP contribution in [0.3, 0.4) is 0 Å². The summed E-state index contributed by atoms with van der Waals surface area (Å²) in [4.78, 5) is 37.5. The molecule has 2 N–H and O–H groups in total. The molecular formula is C25H23N5O3. The van der Waals surface area contributed by atoms with Gasteiger partial charge in [0.15, 0.2) is 0 Å². The van der Waals surface area contributed by atoms with Crippen molar-refractivity contribution in [2.24, 2.45) is 0 Å². The van der Waals surface area contributed by atoms with Gasteiger partial charge in [-0.25, -0.2) is 9.78 Å². The summed E-state index contributed by atoms with van der Waals surface area (Å²) >= 11 is 0. The Morgan fingerprint density at radius 2 is 2.00 bits per heavy atom. The number of urea groups is 1. The predicted molar refractivity (Wildman–Crippen MR) is 128 cm³/mol. The second-order valence-corrected chi connectivity index (χ2v) is 7.72. The van der Waals surface area contributed by atoms with Crippen LogP contribution in [0.4, 0.5) is 21.9 Å². The molecule has 3 heterocycles. The fourth-order valence-electron chi connectivity index (χ4n) is 4.16. The highest BCUT2D eigenvalue weighted by molar-refractivity contribution is 6.12. The number of aromatic amines is 1. The third-order valence-electron chi connectivity index (χ3n) is 5.74. The summed E-state index contributed by atoms with van der Waals surface area (Å²) in [5, 5.41) is 3.79. The Balaban J connectivity index is 1.54. The van der Waals surface area contributed by atoms with Gasteiger partial charge in [0.25, 0.3) is 5.91 Å². The number of hydrogen-bond acceptors (Lipinski definition) is 4. The SMILES string of the molecule is CCN1C(=O)N(c2cc(OC)cc(C(=O)Nc3ccccc3)c2)Cc2cnc3[nH]ccc3c21. The maximum atomic E-state index is 13.5. The lowest BCUT2D eigenvalue weighted by molar-refractivity contribution is 0.102. The molecule has 2 aromatic carbocycles. The normalized spacial score (nSPS) is 13.2. The van der Waals surface area contributed by atoms with Gasteiger partial charge in [0.2, 0.25) is 0 Å². The second-order valence-electron chi connectivity index (χ2n) is 7.72. The Morgan fingerprint density at radius 1 is 1.18 bits per heavy atom. The fraction of sp³-hybridized carbons (Fsp3) is 0.160. The molecule has 3 amide bonds. The molecule has 2 aromatic heterocycles. The van der Waals surface area contributed by atoms with Crippen molar-refractivity contribution in [3.8, 4) is 5.75 Å². The lowest BCUT2D eigenvalue weighted by Gasteiger charge is -2.37. The monoisotopic (exact) mass is 441 g/mol. The number of para-hydroxylation sites is 1. The molecule has 8 nitrogen and oxygen atoms in total. The molecule has 0 atom stereocenters. The first kappa shape index (κ1) is 20.6. The van der Waals surface area contributed by atoms with Gasteiger partial charge in [-0.15, -0.1) is 0 Å². The average molecular weight is 441 g/mol. The van der Waals surface area contributed by atoms with Crippen LogP contribution in [0.1, 0.15) is 22.8 Å². The number of methoxy groups -OCH3 is 1. The van der Waals surface area contributed by atoms with E-state index < -0.39 is 0 Å². The Kier molecular flexibility index (Phi) is 5.18. The Morgan fingerprint density at radius 3 is 2.76 bits per heavy atom. The highest BCUT2D eigenvalue weighted by atomic mass is 16.5. The van der Waals surface area contributed by atoms with Crippen LogP contribution < -0.4 is 19.9 Å². The van der Waals surface area contributed by atoms with Crippen LogP contribution in [0, 0.1) is 0 Å². The summed E-state index contributed by atoms with van der Waals surface area (Å²) in [6.07, 6.45) is 3.61. The molecular weight excluding hydrogens is 418 g/mol. The highest BCUT2D eigenvalue weighted by Crippen LogP contribution is 2.37. The lowest BCUT2D eigenvalue weighted by Crippen LogP contribution is -2.47. The first-order chi connectivity index (χ1) is 16.1. The fourth-order valence-corrected chi connectivity index (χ4v) is 4.16. The number of benzene rings is 2. The summed E-state index contributed by atoms with van der Waals surface area (Å²) in [6, 6.07) is 16.1. The maximum Gasteiger partial charge on any atom is 0.329 e. The van der Waals surface area contributed by atoms with Crippen LogP contribution in [0.5, 0.6) is 5.75 Å². The number of hydrogen-bond donors (Lipinski definition) is 2. The van der Waals surface area contributed by atoms with Crippen LogP contribution in [-0.4, -0.2) is 35.6 Å². The number of pyridine rings is 1. The van der Waals surface area contributed by atoms with Crippen molar-refractivity contribution >= 4 is 40.0 Å². The minimum atomic E-state index is -0.283. The van der Waals surface area contributed by atoms with Crippen molar-refractivity contribution in [3.05, 3.63) is 78.1 Å². The van der Waals surface area contributed by atoms with E-state index >= 15 is 0 Å². The van der Waals surface area contributed by atoms with Gasteiger partial charge in [-0.3, -0.25) is 14.6 Å². The van der Waals surface area contributed by atoms with Gasteiger partial charge in [-0.1, -0.05) is 18.2 Å². The summed E-state index contributed by atoms with van der Waals surface area (Å²) in [7, 11) is 1.54. The number of ether oxygens (including phenoxy) is 1. The molecule has 166 valence electrons. The molecule has 0 unspecified atom stereocenters. The van der Waals surface area contributed by atoms with E-state index in [0.29, 0.717) is 35.8 Å². The quantitative estimate of drug-likeness (QED) is 0.466. The molecule has 0 fully saturated rings. The zero-order valence-corrected chi connectivity index (χ0v) is 18.3. The number of carbonyl (C=O) groups excluding carboxylic acids is 2. The number of anilines is 3. The number of nitrogens with one attached hydrogen (secondary N) is 2. The molecule has 0 bridgehead atoms. The standard InChI is InChI=1S/C25H23N5O3/c1-3-29-22-17(14-27-23-21(22)9-10-26-23)15-30(25(29)32)19-11-16(12-20(13-19)33-2)24(31)28-18-7-5-4-6-8-18/h4-14H,3,15H2,1-2H3,(H,26,27)(H,28,31). The molecule has 5 rings (SSSR count). The van der Waals surface area contributed by atoms with Crippen LogP contribution in [0.25, 0.3) is 11.0 Å². The number of aromatic nitrogens is 2. The third-order valence-corrected chi connectivity index (χ3v) is 5.74. The molecule has 0 saturated carbocycles. The molecule has 8 heteroatoms. The first-order valence-electron chi connectivity index (χ1n) is 10.7. The number of H-pyrrole nitrogens is 1. The van der Waals surface area contributed by atoms with E-state index in [9.17, 15) is 9.59 Å². The van der Waals surface area contributed by atoms with Gasteiger partial charge in [-0.05, 0) is 37.3 Å². The Bertz CT molecular complexity index is 1350. The van der Waals surface area contributed by atoms with Crippen LogP contribution in [0.2, 0.25) is 0 Å². The van der Waals surface area contributed by atoms with Crippen molar-refractivity contribution in [2.45, 2.75) is 13.5 Å². The average Bonchev–Trinajstić information content (AvgIpc) is 3.33. The van der Waals surface area contributed by atoms with E-state index in [-0.39, 0.29) is 11.9 Å². The number of amides is 3. The molecule has 0 spiro atoms. The van der Waals surface area contributed by atoms with Crippen molar-refractivity contribution < 1.29 is 14.3 Å². The molecule has 1 aliphatic rings. The summed E-state index contributed by atoms with van der Waals surface area (Å²) in [6.45, 7) is 2.78. The largest absolute Gasteiger partial charge is 0.497 e.